The maximum absolute atomic E-state index is 11.8. The number of nitrogens with one attached hydrogen (secondary N) is 2. The van der Waals surface area contributed by atoms with Crippen molar-refractivity contribution in [1.82, 2.24) is 5.32 Å². The molecule has 116 valence electrons. The van der Waals surface area contributed by atoms with Gasteiger partial charge in [0.1, 0.15) is 11.8 Å². The number of carbonyl (C=O) groups is 2. The van der Waals surface area contributed by atoms with Gasteiger partial charge in [-0.15, -0.1) is 0 Å². The highest BCUT2D eigenvalue weighted by Crippen LogP contribution is 2.13. The number of hydrogen-bond donors (Lipinski definition) is 3. The quantitative estimate of drug-likeness (QED) is 0.746. The number of phenolic OH excluding ortho intramolecular Hbond substituents is 1. The summed E-state index contributed by atoms with van der Waals surface area (Å²) in [6, 6.07) is 15.0. The van der Waals surface area contributed by atoms with E-state index in [9.17, 15) is 14.7 Å². The van der Waals surface area contributed by atoms with Crippen molar-refractivity contribution in [3.05, 3.63) is 59.7 Å². The second-order valence-electron chi connectivity index (χ2n) is 4.78. The van der Waals surface area contributed by atoms with Gasteiger partial charge in [-0.1, -0.05) is 24.3 Å². The van der Waals surface area contributed by atoms with Crippen LogP contribution in [0.2, 0.25) is 0 Å². The van der Waals surface area contributed by atoms with Gasteiger partial charge in [-0.2, -0.15) is 5.26 Å². The van der Waals surface area contributed by atoms with E-state index in [2.05, 4.69) is 10.6 Å². The first-order chi connectivity index (χ1) is 11.1. The Morgan fingerprint density at radius 3 is 2.43 bits per heavy atom. The molecule has 0 bridgehead atoms. The number of nitriles is 1. The van der Waals surface area contributed by atoms with E-state index < -0.39 is 11.8 Å². The van der Waals surface area contributed by atoms with Crippen LogP contribution < -0.4 is 10.6 Å². The zero-order chi connectivity index (χ0) is 16.7. The van der Waals surface area contributed by atoms with Gasteiger partial charge in [0.15, 0.2) is 0 Å². The number of rotatable bonds is 4. The molecular weight excluding hydrogens is 294 g/mol. The summed E-state index contributed by atoms with van der Waals surface area (Å²) >= 11 is 0. The van der Waals surface area contributed by atoms with E-state index in [-0.39, 0.29) is 17.9 Å². The van der Waals surface area contributed by atoms with Gasteiger partial charge >= 0.3 is 11.8 Å². The Bertz CT molecular complexity index is 748. The van der Waals surface area contributed by atoms with Crippen LogP contribution in [0.5, 0.6) is 5.75 Å². The van der Waals surface area contributed by atoms with Crippen LogP contribution in [0.1, 0.15) is 11.1 Å². The fraction of sp³-hybridized carbons (Fsp3) is 0.118. The molecule has 0 aromatic heterocycles. The molecular formula is C17H15N3O3. The first-order valence-electron chi connectivity index (χ1n) is 6.96. The normalized spacial score (nSPS) is 9.70. The number of hydrogen-bond acceptors (Lipinski definition) is 4. The predicted octanol–water partition coefficient (Wildman–Crippen LogP) is 1.56. The third kappa shape index (κ3) is 4.58. The van der Waals surface area contributed by atoms with Gasteiger partial charge in [-0.05, 0) is 36.2 Å². The summed E-state index contributed by atoms with van der Waals surface area (Å²) in [6.07, 6.45) is 0.536. The van der Waals surface area contributed by atoms with Crippen LogP contribution in [0.3, 0.4) is 0 Å². The summed E-state index contributed by atoms with van der Waals surface area (Å²) < 4.78 is 0. The third-order valence-electron chi connectivity index (χ3n) is 3.14. The molecule has 0 atom stereocenters. The molecule has 0 aliphatic carbocycles. The minimum absolute atomic E-state index is 0.174. The number of carbonyl (C=O) groups excluding carboxylic acids is 2. The average molecular weight is 309 g/mol. The van der Waals surface area contributed by atoms with Gasteiger partial charge < -0.3 is 15.7 Å². The molecule has 3 N–H and O–H groups in total. The van der Waals surface area contributed by atoms with E-state index in [0.717, 1.165) is 5.56 Å². The molecule has 0 heterocycles. The van der Waals surface area contributed by atoms with Crippen molar-refractivity contribution in [2.75, 3.05) is 11.9 Å². The van der Waals surface area contributed by atoms with Crippen LogP contribution in [0, 0.1) is 11.3 Å². The average Bonchev–Trinajstić information content (AvgIpc) is 2.57. The zero-order valence-corrected chi connectivity index (χ0v) is 12.2. The Morgan fingerprint density at radius 2 is 1.74 bits per heavy atom. The van der Waals surface area contributed by atoms with Crippen molar-refractivity contribution in [2.45, 2.75) is 6.42 Å². The SMILES string of the molecule is N#Cc1ccccc1NC(=O)C(=O)NCCc1ccc(O)cc1. The highest BCUT2D eigenvalue weighted by Gasteiger charge is 2.14. The highest BCUT2D eigenvalue weighted by molar-refractivity contribution is 6.39. The van der Waals surface area contributed by atoms with Crippen molar-refractivity contribution in [3.8, 4) is 11.8 Å². The summed E-state index contributed by atoms with van der Waals surface area (Å²) in [6.45, 7) is 0.289. The Morgan fingerprint density at radius 1 is 1.04 bits per heavy atom. The number of benzene rings is 2. The third-order valence-corrected chi connectivity index (χ3v) is 3.14. The fourth-order valence-electron chi connectivity index (χ4n) is 1.93. The number of aromatic hydroxyl groups is 1. The lowest BCUT2D eigenvalue weighted by Gasteiger charge is -2.07. The lowest BCUT2D eigenvalue weighted by atomic mass is 10.1. The van der Waals surface area contributed by atoms with Crippen molar-refractivity contribution in [1.29, 1.82) is 5.26 Å². The Hall–Kier alpha value is -3.33. The highest BCUT2D eigenvalue weighted by atomic mass is 16.3. The second-order valence-corrected chi connectivity index (χ2v) is 4.78. The summed E-state index contributed by atoms with van der Waals surface area (Å²) in [4.78, 5) is 23.5. The van der Waals surface area contributed by atoms with E-state index in [0.29, 0.717) is 12.1 Å². The van der Waals surface area contributed by atoms with Crippen molar-refractivity contribution in [2.24, 2.45) is 0 Å². The summed E-state index contributed by atoms with van der Waals surface area (Å²) in [7, 11) is 0. The monoisotopic (exact) mass is 309 g/mol. The Balaban J connectivity index is 1.84. The van der Waals surface area contributed by atoms with Crippen molar-refractivity contribution in [3.63, 3.8) is 0 Å². The first-order valence-corrected chi connectivity index (χ1v) is 6.96. The van der Waals surface area contributed by atoms with Gasteiger partial charge in [0.25, 0.3) is 0 Å². The largest absolute Gasteiger partial charge is 0.508 e. The first kappa shape index (κ1) is 16.0. The molecule has 2 aromatic rings. The number of amides is 2. The lowest BCUT2D eigenvalue weighted by Crippen LogP contribution is -2.36. The summed E-state index contributed by atoms with van der Waals surface area (Å²) in [5, 5.41) is 23.0. The molecule has 6 heteroatoms. The van der Waals surface area contributed by atoms with Gasteiger partial charge in [0.2, 0.25) is 0 Å². The minimum atomic E-state index is -0.821. The van der Waals surface area contributed by atoms with Crippen LogP contribution in [0.4, 0.5) is 5.69 Å². The molecule has 0 radical (unpaired) electrons. The van der Waals surface area contributed by atoms with E-state index in [1.165, 1.54) is 0 Å². The van der Waals surface area contributed by atoms with E-state index in [1.54, 1.807) is 48.5 Å². The molecule has 23 heavy (non-hydrogen) atoms. The number of nitrogens with zero attached hydrogens (tertiary/aromatic N) is 1. The van der Waals surface area contributed by atoms with E-state index >= 15 is 0 Å². The zero-order valence-electron chi connectivity index (χ0n) is 12.2. The lowest BCUT2D eigenvalue weighted by molar-refractivity contribution is -0.136. The van der Waals surface area contributed by atoms with Crippen molar-refractivity contribution >= 4 is 17.5 Å². The molecule has 2 amide bonds. The molecule has 0 aliphatic rings. The molecule has 0 fully saturated rings. The molecule has 2 aromatic carbocycles. The van der Waals surface area contributed by atoms with Crippen LogP contribution in [0.15, 0.2) is 48.5 Å². The van der Waals surface area contributed by atoms with Gasteiger partial charge in [-0.25, -0.2) is 0 Å². The molecule has 0 saturated heterocycles. The van der Waals surface area contributed by atoms with Gasteiger partial charge in [0, 0.05) is 6.54 Å². The number of phenols is 1. The molecule has 2 rings (SSSR count). The molecule has 0 unspecified atom stereocenters. The van der Waals surface area contributed by atoms with Crippen LogP contribution in [-0.4, -0.2) is 23.5 Å². The summed E-state index contributed by atoms with van der Waals surface area (Å²) in [5.74, 6) is -1.41. The Labute approximate surface area is 133 Å². The molecule has 0 aliphatic heterocycles. The van der Waals surface area contributed by atoms with Crippen LogP contribution in [-0.2, 0) is 16.0 Å². The van der Waals surface area contributed by atoms with Gasteiger partial charge in [-0.3, -0.25) is 9.59 Å². The number of anilines is 1. The molecule has 6 nitrogen and oxygen atoms in total. The fourth-order valence-corrected chi connectivity index (χ4v) is 1.93. The Kier molecular flexibility index (Phi) is 5.31. The van der Waals surface area contributed by atoms with E-state index in [4.69, 9.17) is 5.26 Å². The van der Waals surface area contributed by atoms with Gasteiger partial charge in [0.05, 0.1) is 11.3 Å². The van der Waals surface area contributed by atoms with E-state index in [1.807, 2.05) is 6.07 Å². The molecule has 0 saturated carbocycles. The standard InChI is InChI=1S/C17H15N3O3/c18-11-13-3-1-2-4-15(13)20-17(23)16(22)19-10-9-12-5-7-14(21)8-6-12/h1-8,21H,9-10H2,(H,19,22)(H,20,23). The van der Waals surface area contributed by atoms with Crippen molar-refractivity contribution < 1.29 is 14.7 Å². The molecule has 0 spiro atoms. The smallest absolute Gasteiger partial charge is 0.313 e. The summed E-state index contributed by atoms with van der Waals surface area (Å²) in [5.41, 5.74) is 1.52. The minimum Gasteiger partial charge on any atom is -0.508 e. The predicted molar refractivity (Wildman–Crippen MR) is 84.6 cm³/mol. The maximum atomic E-state index is 11.8. The van der Waals surface area contributed by atoms with Crippen LogP contribution >= 0.6 is 0 Å². The number of para-hydroxylation sites is 1. The maximum Gasteiger partial charge on any atom is 0.313 e. The topological polar surface area (TPSA) is 102 Å². The van der Waals surface area contributed by atoms with Crippen LogP contribution in [0.25, 0.3) is 0 Å². The second kappa shape index (κ2) is 7.61.